The van der Waals surface area contributed by atoms with Gasteiger partial charge in [0.25, 0.3) is 0 Å². The highest BCUT2D eigenvalue weighted by Crippen LogP contribution is 2.26. The number of aromatic hydroxyl groups is 1. The third kappa shape index (κ3) is 4.13. The topological polar surface area (TPSA) is 81.8 Å². The van der Waals surface area contributed by atoms with Crippen molar-refractivity contribution in [2.45, 2.75) is 12.5 Å². The molecule has 0 aliphatic carbocycles. The molecule has 0 saturated carbocycles. The maximum absolute atomic E-state index is 11.1. The summed E-state index contributed by atoms with van der Waals surface area (Å²) in [5.41, 5.74) is 6.34. The maximum Gasteiger partial charge on any atom is 0.322 e. The number of methoxy groups -OCH3 is 2. The zero-order valence-electron chi connectivity index (χ0n) is 9.67. The minimum Gasteiger partial charge on any atom is -0.504 e. The van der Waals surface area contributed by atoms with Crippen LogP contribution < -0.4 is 10.5 Å². The summed E-state index contributed by atoms with van der Waals surface area (Å²) in [5.74, 6) is -0.0669. The quantitative estimate of drug-likeness (QED) is 0.786. The average Bonchev–Trinajstić information content (AvgIpc) is 2.28. The fourth-order valence-corrected chi connectivity index (χ4v) is 1.35. The van der Waals surface area contributed by atoms with Gasteiger partial charge < -0.3 is 20.3 Å². The van der Waals surface area contributed by atoms with Gasteiger partial charge in [-0.3, -0.25) is 4.79 Å². The van der Waals surface area contributed by atoms with Gasteiger partial charge >= 0.3 is 5.97 Å². The number of esters is 1. The molecule has 0 spiro atoms. The summed E-state index contributed by atoms with van der Waals surface area (Å²) >= 11 is 0. The number of carbonyl (C=O) groups excluding carboxylic acids is 1. The van der Waals surface area contributed by atoms with Gasteiger partial charge in [-0.1, -0.05) is 6.07 Å². The number of phenolic OH excluding ortho intramolecular Hbond substituents is 1. The predicted octanol–water partition coefficient (Wildman–Crippen LogP) is 0.865. The number of hydrogen-bond donors (Lipinski definition) is 2. The number of carbonyl (C=O) groups is 1. The third-order valence-electron chi connectivity index (χ3n) is 2.20. The summed E-state index contributed by atoms with van der Waals surface area (Å²) in [6.45, 7) is 0. The van der Waals surface area contributed by atoms with Crippen molar-refractivity contribution in [2.24, 2.45) is 5.73 Å². The molecule has 0 unspecified atom stereocenters. The van der Waals surface area contributed by atoms with Crippen LogP contribution in [0.2, 0.25) is 0 Å². The Morgan fingerprint density at radius 1 is 1.47 bits per heavy atom. The van der Waals surface area contributed by atoms with Crippen molar-refractivity contribution in [1.82, 2.24) is 0 Å². The monoisotopic (exact) mass is 261 g/mol. The zero-order valence-corrected chi connectivity index (χ0v) is 10.5. The first kappa shape index (κ1) is 15.5. The molecule has 0 fully saturated rings. The molecule has 0 radical (unpaired) electrons. The number of ether oxygens (including phenoxy) is 2. The molecule has 0 heterocycles. The van der Waals surface area contributed by atoms with E-state index in [-0.39, 0.29) is 18.2 Å². The van der Waals surface area contributed by atoms with E-state index in [2.05, 4.69) is 4.74 Å². The molecular formula is C11H16ClNO4. The molecule has 17 heavy (non-hydrogen) atoms. The van der Waals surface area contributed by atoms with E-state index in [0.29, 0.717) is 12.2 Å². The van der Waals surface area contributed by atoms with Gasteiger partial charge in [0.05, 0.1) is 14.2 Å². The van der Waals surface area contributed by atoms with Crippen molar-refractivity contribution in [3.8, 4) is 11.5 Å². The number of phenols is 1. The van der Waals surface area contributed by atoms with Gasteiger partial charge in [-0.05, 0) is 24.1 Å². The van der Waals surface area contributed by atoms with Gasteiger partial charge in [0.2, 0.25) is 0 Å². The highest BCUT2D eigenvalue weighted by Gasteiger charge is 2.15. The molecule has 0 aliphatic rings. The molecule has 1 aromatic rings. The second-order valence-electron chi connectivity index (χ2n) is 3.34. The maximum atomic E-state index is 11.1. The van der Waals surface area contributed by atoms with Crippen LogP contribution in [0, 0.1) is 0 Å². The van der Waals surface area contributed by atoms with Gasteiger partial charge in [0.1, 0.15) is 6.04 Å². The van der Waals surface area contributed by atoms with Crippen molar-refractivity contribution in [1.29, 1.82) is 0 Å². The number of nitrogens with two attached hydrogens (primary N) is 1. The fourth-order valence-electron chi connectivity index (χ4n) is 1.35. The van der Waals surface area contributed by atoms with Crippen LogP contribution in [0.1, 0.15) is 5.56 Å². The normalized spacial score (nSPS) is 11.2. The van der Waals surface area contributed by atoms with Gasteiger partial charge in [-0.2, -0.15) is 0 Å². The number of rotatable bonds is 4. The number of hydrogen-bond acceptors (Lipinski definition) is 5. The molecule has 3 N–H and O–H groups in total. The molecule has 6 heteroatoms. The molecule has 0 aromatic heterocycles. The summed E-state index contributed by atoms with van der Waals surface area (Å²) < 4.78 is 9.41. The summed E-state index contributed by atoms with van der Waals surface area (Å²) in [4.78, 5) is 11.1. The predicted molar refractivity (Wildman–Crippen MR) is 65.6 cm³/mol. The van der Waals surface area contributed by atoms with Crippen LogP contribution in [-0.4, -0.2) is 31.3 Å². The van der Waals surface area contributed by atoms with E-state index in [9.17, 15) is 9.90 Å². The molecule has 5 nitrogen and oxygen atoms in total. The molecule has 0 amide bonds. The molecule has 0 aliphatic heterocycles. The van der Waals surface area contributed by atoms with E-state index in [1.54, 1.807) is 12.1 Å². The lowest BCUT2D eigenvalue weighted by molar-refractivity contribution is -0.142. The molecular weight excluding hydrogens is 246 g/mol. The molecule has 1 rings (SSSR count). The van der Waals surface area contributed by atoms with Crippen LogP contribution in [-0.2, 0) is 16.0 Å². The van der Waals surface area contributed by atoms with E-state index >= 15 is 0 Å². The zero-order chi connectivity index (χ0) is 12.1. The lowest BCUT2D eigenvalue weighted by Gasteiger charge is -2.10. The Balaban J connectivity index is 0.00000256. The van der Waals surface area contributed by atoms with Gasteiger partial charge in [-0.25, -0.2) is 0 Å². The summed E-state index contributed by atoms with van der Waals surface area (Å²) in [6, 6.07) is 4.15. The first-order chi connectivity index (χ1) is 7.58. The van der Waals surface area contributed by atoms with Crippen molar-refractivity contribution in [2.75, 3.05) is 14.2 Å². The summed E-state index contributed by atoms with van der Waals surface area (Å²) in [7, 11) is 2.75. The van der Waals surface area contributed by atoms with Gasteiger partial charge in [0, 0.05) is 0 Å². The van der Waals surface area contributed by atoms with Crippen LogP contribution in [0.3, 0.4) is 0 Å². The molecule has 1 atom stereocenters. The van der Waals surface area contributed by atoms with E-state index in [1.807, 2.05) is 0 Å². The van der Waals surface area contributed by atoms with Crippen LogP contribution in [0.5, 0.6) is 11.5 Å². The lowest BCUT2D eigenvalue weighted by Crippen LogP contribution is -2.33. The number of halogens is 1. The Bertz CT molecular complexity index is 384. The van der Waals surface area contributed by atoms with Crippen molar-refractivity contribution >= 4 is 18.4 Å². The second-order valence-corrected chi connectivity index (χ2v) is 3.34. The van der Waals surface area contributed by atoms with Crippen LogP contribution >= 0.6 is 12.4 Å². The standard InChI is InChI=1S/C11H15NO4.ClH/c1-15-10-4-3-7(6-9(10)13)5-8(12)11(14)16-2;/h3-4,6,8,13H,5,12H2,1-2H3;1H/t8-;/m1./s1. The lowest BCUT2D eigenvalue weighted by atomic mass is 10.1. The van der Waals surface area contributed by atoms with E-state index in [0.717, 1.165) is 5.56 Å². The van der Waals surface area contributed by atoms with Crippen molar-refractivity contribution < 1.29 is 19.4 Å². The molecule has 0 saturated heterocycles. The highest BCUT2D eigenvalue weighted by molar-refractivity contribution is 5.85. The highest BCUT2D eigenvalue weighted by atomic mass is 35.5. The molecule has 1 aromatic carbocycles. The van der Waals surface area contributed by atoms with Crippen molar-refractivity contribution in [3.63, 3.8) is 0 Å². The molecule has 96 valence electrons. The SMILES string of the molecule is COC(=O)[C@H](N)Cc1ccc(OC)c(O)c1.Cl. The minimum absolute atomic E-state index is 0. The Morgan fingerprint density at radius 2 is 2.12 bits per heavy atom. The van der Waals surface area contributed by atoms with Crippen LogP contribution in [0.4, 0.5) is 0 Å². The summed E-state index contributed by atoms with van der Waals surface area (Å²) in [6.07, 6.45) is 0.310. The minimum atomic E-state index is -0.724. The fraction of sp³-hybridized carbons (Fsp3) is 0.364. The van der Waals surface area contributed by atoms with E-state index in [1.165, 1.54) is 20.3 Å². The van der Waals surface area contributed by atoms with Crippen molar-refractivity contribution in [3.05, 3.63) is 23.8 Å². The first-order valence-corrected chi connectivity index (χ1v) is 4.77. The number of benzene rings is 1. The third-order valence-corrected chi connectivity index (χ3v) is 2.20. The Kier molecular flexibility index (Phi) is 6.38. The second kappa shape index (κ2) is 6.98. The smallest absolute Gasteiger partial charge is 0.322 e. The summed E-state index contributed by atoms with van der Waals surface area (Å²) in [5, 5.41) is 9.52. The Morgan fingerprint density at radius 3 is 2.59 bits per heavy atom. The Hall–Kier alpha value is -1.46. The first-order valence-electron chi connectivity index (χ1n) is 4.77. The molecule has 0 bridgehead atoms. The average molecular weight is 262 g/mol. The Labute approximate surface area is 106 Å². The van der Waals surface area contributed by atoms with E-state index < -0.39 is 12.0 Å². The van der Waals surface area contributed by atoms with Gasteiger partial charge in [0.15, 0.2) is 11.5 Å². The van der Waals surface area contributed by atoms with Crippen LogP contribution in [0.15, 0.2) is 18.2 Å². The largest absolute Gasteiger partial charge is 0.504 e. The van der Waals surface area contributed by atoms with Gasteiger partial charge in [-0.15, -0.1) is 12.4 Å². The van der Waals surface area contributed by atoms with Crippen LogP contribution in [0.25, 0.3) is 0 Å². The van der Waals surface area contributed by atoms with E-state index in [4.69, 9.17) is 10.5 Å².